The third-order valence-corrected chi connectivity index (χ3v) is 3.00. The number of aryl methyl sites for hydroxylation is 1. The summed E-state index contributed by atoms with van der Waals surface area (Å²) in [5.74, 6) is -0.498. The largest absolute Gasteiger partial charge is 0.401 e. The molecule has 0 saturated carbocycles. The first-order valence-electron chi connectivity index (χ1n) is 6.55. The Morgan fingerprint density at radius 2 is 2.00 bits per heavy atom. The molecule has 1 aromatic carbocycles. The maximum absolute atomic E-state index is 12.5. The maximum atomic E-state index is 12.5. The van der Waals surface area contributed by atoms with Gasteiger partial charge in [0.25, 0.3) is 0 Å². The number of rotatable bonds is 5. The van der Waals surface area contributed by atoms with Gasteiger partial charge in [-0.3, -0.25) is 9.69 Å². The highest BCUT2D eigenvalue weighted by atomic mass is 19.4. The zero-order valence-electron chi connectivity index (χ0n) is 12.3. The lowest BCUT2D eigenvalue weighted by Gasteiger charge is -2.26. The van der Waals surface area contributed by atoms with Crippen molar-refractivity contribution in [2.45, 2.75) is 33.0 Å². The molecule has 0 atom stereocenters. The Hall–Kier alpha value is -1.76. The van der Waals surface area contributed by atoms with E-state index in [9.17, 15) is 18.0 Å². The Morgan fingerprint density at radius 3 is 2.52 bits per heavy atom. The molecule has 4 nitrogen and oxygen atoms in total. The van der Waals surface area contributed by atoms with E-state index in [1.54, 1.807) is 39.0 Å². The maximum Gasteiger partial charge on any atom is 0.401 e. The number of halogens is 3. The van der Waals surface area contributed by atoms with E-state index in [0.717, 1.165) is 10.5 Å². The number of amides is 1. The third kappa shape index (κ3) is 6.03. The van der Waals surface area contributed by atoms with Gasteiger partial charge in [0.1, 0.15) is 0 Å². The van der Waals surface area contributed by atoms with Crippen LogP contribution < -0.4 is 11.1 Å². The third-order valence-electron chi connectivity index (χ3n) is 3.00. The minimum atomic E-state index is -4.34. The van der Waals surface area contributed by atoms with Gasteiger partial charge in [-0.15, -0.1) is 0 Å². The van der Waals surface area contributed by atoms with Crippen molar-refractivity contribution in [3.05, 3.63) is 23.8 Å². The summed E-state index contributed by atoms with van der Waals surface area (Å²) < 4.78 is 37.4. The van der Waals surface area contributed by atoms with E-state index in [1.807, 2.05) is 0 Å². The standard InChI is InChI=1S/C14H20F3N3O/c1-9(2)20(8-14(15,16)17)7-13(21)19-12-6-11(18)5-4-10(12)3/h4-6,9H,7-8,18H2,1-3H3,(H,19,21). The second-order valence-corrected chi connectivity index (χ2v) is 5.24. The predicted molar refractivity (Wildman–Crippen MR) is 77.0 cm³/mol. The number of carbonyl (C=O) groups excluding carboxylic acids is 1. The molecular weight excluding hydrogens is 283 g/mol. The van der Waals surface area contributed by atoms with Crippen LogP contribution in [0.3, 0.4) is 0 Å². The lowest BCUT2D eigenvalue weighted by atomic mass is 10.2. The number of nitrogens with one attached hydrogen (secondary N) is 1. The van der Waals surface area contributed by atoms with Gasteiger partial charge in [0, 0.05) is 17.4 Å². The minimum absolute atomic E-state index is 0.328. The number of nitrogens with zero attached hydrogens (tertiary/aromatic N) is 1. The fourth-order valence-electron chi connectivity index (χ4n) is 1.80. The van der Waals surface area contributed by atoms with Gasteiger partial charge in [-0.2, -0.15) is 13.2 Å². The van der Waals surface area contributed by atoms with Crippen LogP contribution in [0.25, 0.3) is 0 Å². The SMILES string of the molecule is Cc1ccc(N)cc1NC(=O)CN(CC(F)(F)F)C(C)C. The molecule has 0 aromatic heterocycles. The molecule has 0 aliphatic carbocycles. The number of anilines is 2. The number of benzene rings is 1. The molecule has 0 bridgehead atoms. The van der Waals surface area contributed by atoms with Crippen LogP contribution in [0.5, 0.6) is 0 Å². The monoisotopic (exact) mass is 303 g/mol. The molecular formula is C14H20F3N3O. The van der Waals surface area contributed by atoms with E-state index in [-0.39, 0.29) is 12.6 Å². The topological polar surface area (TPSA) is 58.4 Å². The van der Waals surface area contributed by atoms with Crippen LogP contribution in [-0.2, 0) is 4.79 Å². The number of hydrogen-bond donors (Lipinski definition) is 2. The molecule has 1 aromatic rings. The molecule has 1 amide bonds. The molecule has 0 radical (unpaired) electrons. The molecule has 0 aliphatic heterocycles. The van der Waals surface area contributed by atoms with Gasteiger partial charge < -0.3 is 11.1 Å². The van der Waals surface area contributed by atoms with Crippen molar-refractivity contribution in [3.8, 4) is 0 Å². The summed E-state index contributed by atoms with van der Waals surface area (Å²) in [6.07, 6.45) is -4.34. The predicted octanol–water partition coefficient (Wildman–Crippen LogP) is 2.79. The van der Waals surface area contributed by atoms with Crippen LogP contribution in [-0.4, -0.2) is 36.1 Å². The van der Waals surface area contributed by atoms with Crippen LogP contribution in [0, 0.1) is 6.92 Å². The van der Waals surface area contributed by atoms with E-state index >= 15 is 0 Å². The van der Waals surface area contributed by atoms with Crippen molar-refractivity contribution in [2.24, 2.45) is 0 Å². The van der Waals surface area contributed by atoms with E-state index in [4.69, 9.17) is 5.73 Å². The average Bonchev–Trinajstić information content (AvgIpc) is 2.31. The van der Waals surface area contributed by atoms with Crippen LogP contribution in [0.4, 0.5) is 24.5 Å². The molecule has 118 valence electrons. The normalized spacial score (nSPS) is 12.0. The number of alkyl halides is 3. The molecule has 0 aliphatic rings. The molecule has 0 saturated heterocycles. The van der Waals surface area contributed by atoms with E-state index in [1.165, 1.54) is 0 Å². The van der Waals surface area contributed by atoms with Gasteiger partial charge in [0.15, 0.2) is 0 Å². The van der Waals surface area contributed by atoms with Crippen LogP contribution in [0.1, 0.15) is 19.4 Å². The van der Waals surface area contributed by atoms with Crippen molar-refractivity contribution in [3.63, 3.8) is 0 Å². The van der Waals surface area contributed by atoms with Gasteiger partial charge in [-0.05, 0) is 38.5 Å². The molecule has 0 fully saturated rings. The second-order valence-electron chi connectivity index (χ2n) is 5.24. The molecule has 0 unspecified atom stereocenters. The number of nitrogens with two attached hydrogens (primary N) is 1. The molecule has 1 rings (SSSR count). The average molecular weight is 303 g/mol. The fourth-order valence-corrected chi connectivity index (χ4v) is 1.80. The quantitative estimate of drug-likeness (QED) is 0.822. The summed E-state index contributed by atoms with van der Waals surface area (Å²) in [6, 6.07) is 4.62. The van der Waals surface area contributed by atoms with Crippen molar-refractivity contribution in [1.29, 1.82) is 0 Å². The summed E-state index contributed by atoms with van der Waals surface area (Å²) in [4.78, 5) is 13.0. The van der Waals surface area contributed by atoms with Crippen LogP contribution in [0.2, 0.25) is 0 Å². The van der Waals surface area contributed by atoms with E-state index in [2.05, 4.69) is 5.32 Å². The van der Waals surface area contributed by atoms with Crippen molar-refractivity contribution >= 4 is 17.3 Å². The minimum Gasteiger partial charge on any atom is -0.399 e. The van der Waals surface area contributed by atoms with Crippen LogP contribution >= 0.6 is 0 Å². The summed E-state index contributed by atoms with van der Waals surface area (Å²) in [7, 11) is 0. The van der Waals surface area contributed by atoms with E-state index < -0.39 is 18.6 Å². The van der Waals surface area contributed by atoms with Gasteiger partial charge in [0.2, 0.25) is 5.91 Å². The zero-order valence-corrected chi connectivity index (χ0v) is 12.3. The molecule has 0 heterocycles. The molecule has 0 spiro atoms. The fraction of sp³-hybridized carbons (Fsp3) is 0.500. The van der Waals surface area contributed by atoms with Gasteiger partial charge in [-0.1, -0.05) is 6.07 Å². The zero-order chi connectivity index (χ0) is 16.2. The summed E-state index contributed by atoms with van der Waals surface area (Å²) >= 11 is 0. The van der Waals surface area contributed by atoms with Gasteiger partial charge in [0.05, 0.1) is 13.1 Å². The Bertz CT molecular complexity index is 501. The highest BCUT2D eigenvalue weighted by molar-refractivity contribution is 5.93. The lowest BCUT2D eigenvalue weighted by molar-refractivity contribution is -0.151. The smallest absolute Gasteiger partial charge is 0.399 e. The van der Waals surface area contributed by atoms with Gasteiger partial charge in [-0.25, -0.2) is 0 Å². The summed E-state index contributed by atoms with van der Waals surface area (Å²) in [5, 5.41) is 2.59. The molecule has 7 heteroatoms. The lowest BCUT2D eigenvalue weighted by Crippen LogP contribution is -2.43. The number of nitrogen functional groups attached to an aromatic ring is 1. The Labute approximate surface area is 122 Å². The van der Waals surface area contributed by atoms with Crippen molar-refractivity contribution in [2.75, 3.05) is 24.1 Å². The second kappa shape index (κ2) is 6.80. The van der Waals surface area contributed by atoms with E-state index in [0.29, 0.717) is 11.4 Å². The Morgan fingerprint density at radius 1 is 1.38 bits per heavy atom. The first-order valence-corrected chi connectivity index (χ1v) is 6.55. The summed E-state index contributed by atoms with van der Waals surface area (Å²) in [5.41, 5.74) is 7.41. The first kappa shape index (κ1) is 17.3. The van der Waals surface area contributed by atoms with Crippen LogP contribution in [0.15, 0.2) is 18.2 Å². The Balaban J connectivity index is 2.72. The number of carbonyl (C=O) groups is 1. The number of hydrogen-bond acceptors (Lipinski definition) is 3. The molecule has 21 heavy (non-hydrogen) atoms. The highest BCUT2D eigenvalue weighted by Crippen LogP contribution is 2.20. The summed E-state index contributed by atoms with van der Waals surface area (Å²) in [6.45, 7) is 3.57. The van der Waals surface area contributed by atoms with Crippen molar-refractivity contribution in [1.82, 2.24) is 4.90 Å². The first-order chi connectivity index (χ1) is 9.58. The van der Waals surface area contributed by atoms with Gasteiger partial charge >= 0.3 is 6.18 Å². The van der Waals surface area contributed by atoms with Crippen molar-refractivity contribution < 1.29 is 18.0 Å². The highest BCUT2D eigenvalue weighted by Gasteiger charge is 2.32. The molecule has 3 N–H and O–H groups in total. The Kier molecular flexibility index (Phi) is 5.60.